The molecule has 2 aromatic heterocycles. The molecule has 13 nitrogen and oxygen atoms in total. The number of nitrogens with one attached hydrogen (secondary N) is 4. The average Bonchev–Trinajstić information content (AvgIpc) is 4.09. The lowest BCUT2D eigenvalue weighted by molar-refractivity contribution is -0.137. The summed E-state index contributed by atoms with van der Waals surface area (Å²) in [4.78, 5) is 70.1. The molecule has 61 heavy (non-hydrogen) atoms. The van der Waals surface area contributed by atoms with E-state index in [9.17, 15) is 19.2 Å². The number of imidazole rings is 2. The van der Waals surface area contributed by atoms with Crippen LogP contribution in [0.3, 0.4) is 0 Å². The number of ether oxygens (including phenoxy) is 1. The van der Waals surface area contributed by atoms with Gasteiger partial charge in [-0.1, -0.05) is 70.3 Å². The van der Waals surface area contributed by atoms with Gasteiger partial charge >= 0.3 is 6.09 Å². The van der Waals surface area contributed by atoms with Gasteiger partial charge in [-0.25, -0.2) is 14.8 Å². The van der Waals surface area contributed by atoms with E-state index in [1.165, 1.54) is 23.8 Å². The molecule has 2 saturated heterocycles. The normalized spacial score (nSPS) is 24.5. The zero-order valence-corrected chi connectivity index (χ0v) is 36.3. The predicted molar refractivity (Wildman–Crippen MR) is 232 cm³/mol. The zero-order valence-electron chi connectivity index (χ0n) is 36.3. The van der Waals surface area contributed by atoms with Gasteiger partial charge in [0.1, 0.15) is 35.1 Å². The Bertz CT molecular complexity index is 2240. The Hall–Kier alpha value is -5.82. The van der Waals surface area contributed by atoms with Gasteiger partial charge in [-0.2, -0.15) is 0 Å². The monoisotopic (exact) mass is 828 g/mol. The minimum atomic E-state index is -0.689. The quantitative estimate of drug-likeness (QED) is 0.164. The molecule has 322 valence electrons. The second kappa shape index (κ2) is 19.3. The molecule has 4 N–H and O–H groups in total. The number of amides is 4. The maximum atomic E-state index is 13.6. The molecular formula is C48H60N8O5. The minimum Gasteiger partial charge on any atom is -0.453 e. The molecule has 0 saturated carbocycles. The highest BCUT2D eigenvalue weighted by molar-refractivity contribution is 5.86. The Morgan fingerprint density at radius 3 is 2.11 bits per heavy atom. The highest BCUT2D eigenvalue weighted by Crippen LogP contribution is 2.40. The van der Waals surface area contributed by atoms with Crippen molar-refractivity contribution in [2.24, 2.45) is 29.6 Å². The smallest absolute Gasteiger partial charge is 0.407 e. The van der Waals surface area contributed by atoms with Crippen LogP contribution in [0.4, 0.5) is 4.79 Å². The van der Waals surface area contributed by atoms with Gasteiger partial charge in [-0.3, -0.25) is 14.4 Å². The third-order valence-electron chi connectivity index (χ3n) is 13.0. The molecule has 0 aromatic carbocycles. The van der Waals surface area contributed by atoms with Crippen LogP contribution in [0.1, 0.15) is 128 Å². The number of methoxy groups -OCH3 is 1. The van der Waals surface area contributed by atoms with Crippen LogP contribution in [0.5, 0.6) is 0 Å². The van der Waals surface area contributed by atoms with Crippen molar-refractivity contribution in [1.82, 2.24) is 40.4 Å². The Kier molecular flexibility index (Phi) is 13.7. The van der Waals surface area contributed by atoms with E-state index in [1.807, 2.05) is 37.5 Å². The minimum absolute atomic E-state index is 0.0235. The fraction of sp³-hybridized carbons (Fsp3) is 0.542. The number of aromatic amines is 2. The summed E-state index contributed by atoms with van der Waals surface area (Å²) in [5.74, 6) is 16.0. The van der Waals surface area contributed by atoms with Crippen LogP contribution in [-0.4, -0.2) is 86.3 Å². The Labute approximate surface area is 359 Å². The zero-order chi connectivity index (χ0) is 43.2. The van der Waals surface area contributed by atoms with Gasteiger partial charge in [0.2, 0.25) is 18.2 Å². The van der Waals surface area contributed by atoms with Crippen molar-refractivity contribution in [1.29, 1.82) is 0 Å². The van der Waals surface area contributed by atoms with Crippen molar-refractivity contribution in [2.45, 2.75) is 117 Å². The van der Waals surface area contributed by atoms with Crippen LogP contribution in [-0.2, 0) is 19.1 Å². The Morgan fingerprint density at radius 1 is 0.885 bits per heavy atom. The molecule has 2 aromatic rings. The summed E-state index contributed by atoms with van der Waals surface area (Å²) in [5.41, 5.74) is 6.31. The summed E-state index contributed by atoms with van der Waals surface area (Å²) in [7, 11) is 1.30. The first-order valence-corrected chi connectivity index (χ1v) is 22.0. The number of rotatable bonds is 9. The third kappa shape index (κ3) is 9.88. The maximum absolute atomic E-state index is 13.6. The molecule has 0 radical (unpaired) electrons. The third-order valence-corrected chi connectivity index (χ3v) is 13.0. The maximum Gasteiger partial charge on any atom is 0.407 e. The van der Waals surface area contributed by atoms with E-state index in [0.717, 1.165) is 74.9 Å². The molecule has 13 heteroatoms. The number of carbonyl (C=O) groups excluding carboxylic acids is 4. The van der Waals surface area contributed by atoms with Crippen molar-refractivity contribution >= 4 is 24.3 Å². The van der Waals surface area contributed by atoms with Gasteiger partial charge in [0.05, 0.1) is 31.6 Å². The van der Waals surface area contributed by atoms with E-state index < -0.39 is 18.2 Å². The molecular weight excluding hydrogens is 769 g/mol. The number of allylic oxidation sites excluding steroid dienone is 8. The van der Waals surface area contributed by atoms with Crippen LogP contribution < -0.4 is 10.6 Å². The highest BCUT2D eigenvalue weighted by Gasteiger charge is 2.38. The first kappa shape index (κ1) is 43.3. The number of aromatic nitrogens is 4. The van der Waals surface area contributed by atoms with Crippen LogP contribution in [0.15, 0.2) is 59.0 Å². The van der Waals surface area contributed by atoms with Crippen molar-refractivity contribution in [3.8, 4) is 23.7 Å². The Morgan fingerprint density at radius 2 is 1.51 bits per heavy atom. The van der Waals surface area contributed by atoms with E-state index in [0.29, 0.717) is 48.8 Å². The molecule has 4 heterocycles. The van der Waals surface area contributed by atoms with Crippen molar-refractivity contribution in [2.75, 3.05) is 20.2 Å². The van der Waals surface area contributed by atoms with Crippen LogP contribution in [0.2, 0.25) is 0 Å². The largest absolute Gasteiger partial charge is 0.453 e. The van der Waals surface area contributed by atoms with E-state index in [4.69, 9.17) is 4.74 Å². The van der Waals surface area contributed by atoms with Crippen molar-refractivity contribution in [3.05, 3.63) is 82.0 Å². The number of alkyl carbamates (subject to hydrolysis) is 1. The number of hydrogen-bond donors (Lipinski definition) is 4. The number of likely N-dealkylation sites (tertiary alicyclic amines) is 2. The number of nitrogens with zero attached hydrogens (tertiary/aromatic N) is 4. The van der Waals surface area contributed by atoms with E-state index in [2.05, 4.69) is 85.5 Å². The molecule has 6 aliphatic carbocycles. The lowest BCUT2D eigenvalue weighted by Crippen LogP contribution is -2.51. The first-order chi connectivity index (χ1) is 29.4. The number of carbonyl (C=O) groups is 4. The highest BCUT2D eigenvalue weighted by atomic mass is 16.5. The fourth-order valence-electron chi connectivity index (χ4n) is 9.50. The lowest BCUT2D eigenvalue weighted by Gasteiger charge is -2.31. The van der Waals surface area contributed by atoms with Crippen LogP contribution in [0.25, 0.3) is 0 Å². The SMILES string of the molecule is COC(=O)NC(C(=O)N1CCC[C@H]1c1ncc(C#CC2=C3C=C[C@H](C2)[C@H](C)C[C@H]2CC=C(C=C2C#Cc2cnc([C@@H]4CCCN4C(=O)C(NC=O)C(C)C)[nH]2)CC3)[nH]1)C(C)C. The van der Waals surface area contributed by atoms with E-state index >= 15 is 0 Å². The first-order valence-electron chi connectivity index (χ1n) is 22.0. The van der Waals surface area contributed by atoms with Gasteiger partial charge in [0, 0.05) is 24.2 Å². The summed E-state index contributed by atoms with van der Waals surface area (Å²) < 4.78 is 4.78. The molecule has 0 spiro atoms. The average molecular weight is 829 g/mol. The molecule has 2 fully saturated rings. The standard InChI is InChI=1S/C48H60N8O5/c1-29(2)42(51-28-57)46(58)55-21-7-9-40(55)44-49-26-38(52-44)19-17-36-24-32-11-13-33-15-16-34(31(5)23-35(36)14-12-32)25-37(33)18-20-39-27-50-45(53-39)41-10-8-22-56(41)47(59)43(30(3)4)54-48(60)61-6/h12,15-16,24,26-31,34-35,40-43H,7-11,13-14,21-23,25H2,1-6H3,(H,49,52)(H,50,53)(H,51,57)(H,54,60)/t31-,34-,35-,40+,41+,42?,43?/m1/s1. The predicted octanol–water partition coefficient (Wildman–Crippen LogP) is 6.58. The summed E-state index contributed by atoms with van der Waals surface area (Å²) in [6.07, 6.45) is 20.8. The van der Waals surface area contributed by atoms with Crippen LogP contribution in [0, 0.1) is 53.3 Å². The molecule has 4 bridgehead atoms. The van der Waals surface area contributed by atoms with Crippen molar-refractivity contribution < 1.29 is 23.9 Å². The Balaban J connectivity index is 1.04. The molecule has 7 atom stereocenters. The van der Waals surface area contributed by atoms with Gasteiger partial charge in [-0.15, -0.1) is 0 Å². The second-order valence-corrected chi connectivity index (χ2v) is 17.9. The lowest BCUT2D eigenvalue weighted by atomic mass is 9.73. The molecule has 8 aliphatic rings. The van der Waals surface area contributed by atoms with E-state index in [1.54, 1.807) is 12.4 Å². The number of hydrogen-bond acceptors (Lipinski definition) is 7. The summed E-state index contributed by atoms with van der Waals surface area (Å²) in [6, 6.07) is -1.65. The van der Waals surface area contributed by atoms with Gasteiger partial charge in [0.25, 0.3) is 0 Å². The molecule has 10 rings (SSSR count). The second-order valence-electron chi connectivity index (χ2n) is 17.9. The molecule has 2 unspecified atom stereocenters. The number of H-pyrrole nitrogens is 2. The van der Waals surface area contributed by atoms with Gasteiger partial charge in [-0.05, 0) is 111 Å². The molecule has 2 aliphatic heterocycles. The van der Waals surface area contributed by atoms with E-state index in [-0.39, 0.29) is 35.7 Å². The topological polar surface area (TPSA) is 165 Å². The van der Waals surface area contributed by atoms with Gasteiger partial charge < -0.3 is 35.1 Å². The molecule has 4 amide bonds. The van der Waals surface area contributed by atoms with Crippen LogP contribution >= 0.6 is 0 Å². The van der Waals surface area contributed by atoms with Crippen molar-refractivity contribution in [3.63, 3.8) is 0 Å². The summed E-state index contributed by atoms with van der Waals surface area (Å²) in [5, 5.41) is 5.42. The fourth-order valence-corrected chi connectivity index (χ4v) is 9.50. The van der Waals surface area contributed by atoms with Gasteiger partial charge in [0.15, 0.2) is 0 Å². The summed E-state index contributed by atoms with van der Waals surface area (Å²) >= 11 is 0. The summed E-state index contributed by atoms with van der Waals surface area (Å²) in [6.45, 7) is 11.3.